The van der Waals surface area contributed by atoms with Crippen LogP contribution in [0, 0.1) is 0 Å². The number of benzene rings is 1. The van der Waals surface area contributed by atoms with Crippen molar-refractivity contribution in [2.45, 2.75) is 24.8 Å². The van der Waals surface area contributed by atoms with Gasteiger partial charge in [0.2, 0.25) is 0 Å². The van der Waals surface area contributed by atoms with Gasteiger partial charge in [0, 0.05) is 5.33 Å². The minimum absolute atomic E-state index is 0.0541. The van der Waals surface area contributed by atoms with Crippen molar-refractivity contribution < 1.29 is 9.53 Å². The Morgan fingerprint density at radius 2 is 2.18 bits per heavy atom. The Hall–Kier alpha value is -1.03. The maximum absolute atomic E-state index is 12.2. The van der Waals surface area contributed by atoms with Crippen LogP contribution in [0.15, 0.2) is 24.3 Å². The van der Waals surface area contributed by atoms with Crippen molar-refractivity contribution in [1.82, 2.24) is 5.32 Å². The lowest BCUT2D eigenvalue weighted by Gasteiger charge is -2.41. The molecule has 1 aliphatic rings. The summed E-state index contributed by atoms with van der Waals surface area (Å²) in [7, 11) is 1.58. The van der Waals surface area contributed by atoms with Gasteiger partial charge in [-0.15, -0.1) is 0 Å². The number of alkyl halides is 1. The molecule has 0 spiro atoms. The third kappa shape index (κ3) is 2.46. The summed E-state index contributed by atoms with van der Waals surface area (Å²) in [5, 5.41) is 3.91. The van der Waals surface area contributed by atoms with Crippen molar-refractivity contribution in [2.24, 2.45) is 0 Å². The van der Waals surface area contributed by atoms with Crippen LogP contribution in [-0.4, -0.2) is 23.9 Å². The number of carbonyl (C=O) groups excluding carboxylic acids is 1. The Morgan fingerprint density at radius 3 is 2.71 bits per heavy atom. The number of halogens is 1. The first-order valence-electron chi connectivity index (χ1n) is 5.72. The number of amides is 1. The summed E-state index contributed by atoms with van der Waals surface area (Å²) in [5.74, 6) is 0.565. The van der Waals surface area contributed by atoms with Gasteiger partial charge in [-0.1, -0.05) is 28.1 Å². The summed E-state index contributed by atoms with van der Waals surface area (Å²) in [6.45, 7) is 0. The van der Waals surface area contributed by atoms with Gasteiger partial charge in [-0.25, -0.2) is 0 Å². The molecule has 0 radical (unpaired) electrons. The fourth-order valence-corrected chi connectivity index (χ4v) is 2.74. The standard InChI is InChI=1S/C13H16BrNO2/c1-17-11-6-3-2-5-10(11)12(16)15-13(9-14)7-4-8-13/h2-3,5-6H,4,7-9H2,1H3,(H,15,16). The van der Waals surface area contributed by atoms with Gasteiger partial charge in [0.15, 0.2) is 0 Å². The molecule has 0 saturated heterocycles. The van der Waals surface area contributed by atoms with E-state index in [0.29, 0.717) is 11.3 Å². The van der Waals surface area contributed by atoms with Crippen LogP contribution >= 0.6 is 15.9 Å². The third-order valence-electron chi connectivity index (χ3n) is 3.30. The molecule has 1 saturated carbocycles. The van der Waals surface area contributed by atoms with Crippen molar-refractivity contribution in [1.29, 1.82) is 0 Å². The van der Waals surface area contributed by atoms with E-state index >= 15 is 0 Å². The second kappa shape index (κ2) is 5.08. The zero-order valence-electron chi connectivity index (χ0n) is 9.83. The normalized spacial score (nSPS) is 17.1. The monoisotopic (exact) mass is 297 g/mol. The predicted molar refractivity (Wildman–Crippen MR) is 70.8 cm³/mol. The Labute approximate surface area is 110 Å². The third-order valence-corrected chi connectivity index (χ3v) is 4.37. The molecule has 0 aromatic heterocycles. The smallest absolute Gasteiger partial charge is 0.255 e. The molecule has 2 rings (SSSR count). The van der Waals surface area contributed by atoms with Crippen LogP contribution in [0.5, 0.6) is 5.75 Å². The van der Waals surface area contributed by atoms with Gasteiger partial charge in [-0.3, -0.25) is 4.79 Å². The van der Waals surface area contributed by atoms with Crippen LogP contribution in [0.4, 0.5) is 0 Å². The first kappa shape index (κ1) is 12.4. The van der Waals surface area contributed by atoms with E-state index in [2.05, 4.69) is 21.2 Å². The summed E-state index contributed by atoms with van der Waals surface area (Å²) in [6.07, 6.45) is 3.26. The summed E-state index contributed by atoms with van der Waals surface area (Å²) in [5.41, 5.74) is 0.542. The molecular formula is C13H16BrNO2. The molecule has 1 N–H and O–H groups in total. The molecule has 1 aromatic rings. The highest BCUT2D eigenvalue weighted by Gasteiger charge is 2.37. The Morgan fingerprint density at radius 1 is 1.47 bits per heavy atom. The van der Waals surface area contributed by atoms with E-state index in [1.54, 1.807) is 19.2 Å². The van der Waals surface area contributed by atoms with Crippen LogP contribution < -0.4 is 10.1 Å². The Kier molecular flexibility index (Phi) is 3.72. The molecular weight excluding hydrogens is 282 g/mol. The van der Waals surface area contributed by atoms with Crippen LogP contribution in [0.25, 0.3) is 0 Å². The lowest BCUT2D eigenvalue weighted by atomic mass is 9.78. The second-order valence-electron chi connectivity index (χ2n) is 4.42. The number of rotatable bonds is 4. The summed E-state index contributed by atoms with van der Waals surface area (Å²) in [4.78, 5) is 12.2. The molecule has 3 nitrogen and oxygen atoms in total. The van der Waals surface area contributed by atoms with Gasteiger partial charge in [-0.2, -0.15) is 0 Å². The fraction of sp³-hybridized carbons (Fsp3) is 0.462. The van der Waals surface area contributed by atoms with E-state index < -0.39 is 0 Å². The zero-order valence-corrected chi connectivity index (χ0v) is 11.4. The first-order valence-corrected chi connectivity index (χ1v) is 6.84. The molecule has 17 heavy (non-hydrogen) atoms. The van der Waals surface area contributed by atoms with Gasteiger partial charge >= 0.3 is 0 Å². The SMILES string of the molecule is COc1ccccc1C(=O)NC1(CBr)CCC1. The van der Waals surface area contributed by atoms with Crippen molar-refractivity contribution in [3.8, 4) is 5.75 Å². The molecule has 0 unspecified atom stereocenters. The molecule has 1 aliphatic carbocycles. The molecule has 0 aliphatic heterocycles. The highest BCUT2D eigenvalue weighted by Crippen LogP contribution is 2.34. The van der Waals surface area contributed by atoms with Crippen LogP contribution in [0.1, 0.15) is 29.6 Å². The zero-order chi connectivity index (χ0) is 12.3. The van der Waals surface area contributed by atoms with Gasteiger partial charge in [0.05, 0.1) is 18.2 Å². The summed E-state index contributed by atoms with van der Waals surface area (Å²) < 4.78 is 5.19. The highest BCUT2D eigenvalue weighted by molar-refractivity contribution is 9.09. The molecule has 1 aromatic carbocycles. The first-order chi connectivity index (χ1) is 8.21. The van der Waals surface area contributed by atoms with E-state index in [4.69, 9.17) is 4.74 Å². The number of carbonyl (C=O) groups is 1. The van der Waals surface area contributed by atoms with Crippen LogP contribution in [0.2, 0.25) is 0 Å². The van der Waals surface area contributed by atoms with Crippen molar-refractivity contribution in [2.75, 3.05) is 12.4 Å². The Balaban J connectivity index is 2.14. The predicted octanol–water partition coefficient (Wildman–Crippen LogP) is 2.74. The lowest BCUT2D eigenvalue weighted by molar-refractivity contribution is 0.0853. The van der Waals surface area contributed by atoms with Crippen molar-refractivity contribution in [3.05, 3.63) is 29.8 Å². The van der Waals surface area contributed by atoms with E-state index in [-0.39, 0.29) is 11.4 Å². The lowest BCUT2D eigenvalue weighted by Crippen LogP contribution is -2.54. The quantitative estimate of drug-likeness (QED) is 0.868. The van der Waals surface area contributed by atoms with Gasteiger partial charge in [-0.05, 0) is 31.4 Å². The number of ether oxygens (including phenoxy) is 1. The fourth-order valence-electron chi connectivity index (χ4n) is 2.04. The number of methoxy groups -OCH3 is 1. The minimum Gasteiger partial charge on any atom is -0.496 e. The molecule has 92 valence electrons. The molecule has 1 fully saturated rings. The van der Waals surface area contributed by atoms with E-state index in [1.165, 1.54) is 6.42 Å². The van der Waals surface area contributed by atoms with E-state index in [1.807, 2.05) is 12.1 Å². The number of nitrogens with one attached hydrogen (secondary N) is 1. The van der Waals surface area contributed by atoms with E-state index in [0.717, 1.165) is 18.2 Å². The molecule has 4 heteroatoms. The number of para-hydroxylation sites is 1. The Bertz CT molecular complexity index is 410. The van der Waals surface area contributed by atoms with Crippen molar-refractivity contribution in [3.63, 3.8) is 0 Å². The van der Waals surface area contributed by atoms with Crippen LogP contribution in [0.3, 0.4) is 0 Å². The average Bonchev–Trinajstić information content (AvgIpc) is 2.33. The molecule has 1 amide bonds. The number of hydrogen-bond acceptors (Lipinski definition) is 2. The topological polar surface area (TPSA) is 38.3 Å². The maximum atomic E-state index is 12.2. The number of hydrogen-bond donors (Lipinski definition) is 1. The van der Waals surface area contributed by atoms with Crippen LogP contribution in [-0.2, 0) is 0 Å². The maximum Gasteiger partial charge on any atom is 0.255 e. The van der Waals surface area contributed by atoms with Gasteiger partial charge in [0.1, 0.15) is 5.75 Å². The second-order valence-corrected chi connectivity index (χ2v) is 4.98. The molecule has 0 bridgehead atoms. The minimum atomic E-state index is -0.0576. The average molecular weight is 298 g/mol. The van der Waals surface area contributed by atoms with E-state index in [9.17, 15) is 4.79 Å². The van der Waals surface area contributed by atoms with Gasteiger partial charge < -0.3 is 10.1 Å². The molecule has 0 atom stereocenters. The largest absolute Gasteiger partial charge is 0.496 e. The highest BCUT2D eigenvalue weighted by atomic mass is 79.9. The summed E-state index contributed by atoms with van der Waals surface area (Å²) >= 11 is 3.47. The molecule has 0 heterocycles. The van der Waals surface area contributed by atoms with Gasteiger partial charge in [0.25, 0.3) is 5.91 Å². The summed E-state index contributed by atoms with van der Waals surface area (Å²) in [6, 6.07) is 7.30. The van der Waals surface area contributed by atoms with Crippen molar-refractivity contribution >= 4 is 21.8 Å².